The van der Waals surface area contributed by atoms with Crippen LogP contribution < -0.4 is 0 Å². The van der Waals surface area contributed by atoms with Crippen LogP contribution >= 0.6 is 0 Å². The van der Waals surface area contributed by atoms with Crippen LogP contribution in [0.4, 0.5) is 4.39 Å². The minimum Gasteiger partial charge on any atom is -0.313 e. The van der Waals surface area contributed by atoms with Crippen LogP contribution in [0.2, 0.25) is 0 Å². The molecule has 0 saturated heterocycles. The number of aliphatic imine (C=N–C) groups is 1. The fourth-order valence-electron chi connectivity index (χ4n) is 0.445. The summed E-state index contributed by atoms with van der Waals surface area (Å²) >= 11 is 0. The minimum atomic E-state index is -0.407. The maximum atomic E-state index is 11.4. The molecule has 9 heavy (non-hydrogen) atoms. The molecule has 0 unspecified atom stereocenters. The number of alkyl halides is 1. The molecule has 2 nitrogen and oxygen atoms in total. The van der Waals surface area contributed by atoms with Gasteiger partial charge < -0.3 is 5.41 Å². The lowest BCUT2D eigenvalue weighted by molar-refractivity contribution is 0.504. The summed E-state index contributed by atoms with van der Waals surface area (Å²) in [7, 11) is 0. The maximum Gasteiger partial charge on any atom is 0.109 e. The van der Waals surface area contributed by atoms with Gasteiger partial charge in [0.2, 0.25) is 0 Å². The molecule has 1 N–H and O–H groups in total. The molecule has 0 atom stereocenters. The Morgan fingerprint density at radius 2 is 2.44 bits per heavy atom. The van der Waals surface area contributed by atoms with Crippen LogP contribution in [-0.4, -0.2) is 25.1 Å². The molecule has 0 aliphatic carbocycles. The van der Waals surface area contributed by atoms with E-state index in [0.29, 0.717) is 6.42 Å². The molecule has 0 rings (SSSR count). The fourth-order valence-corrected chi connectivity index (χ4v) is 0.445. The maximum absolute atomic E-state index is 11.4. The van der Waals surface area contributed by atoms with E-state index < -0.39 is 6.67 Å². The van der Waals surface area contributed by atoms with Gasteiger partial charge in [-0.2, -0.15) is 0 Å². The van der Waals surface area contributed by atoms with Crippen LogP contribution in [0.5, 0.6) is 0 Å². The second-order valence-electron chi connectivity index (χ2n) is 1.71. The second-order valence-corrected chi connectivity index (χ2v) is 1.71. The van der Waals surface area contributed by atoms with E-state index in [1.165, 1.54) is 6.21 Å². The quantitative estimate of drug-likeness (QED) is 0.559. The van der Waals surface area contributed by atoms with Gasteiger partial charge >= 0.3 is 0 Å². The third kappa shape index (κ3) is 5.14. The zero-order chi connectivity index (χ0) is 7.11. The van der Waals surface area contributed by atoms with Crippen LogP contribution in [0.3, 0.4) is 0 Å². The Balaban J connectivity index is 3.42. The molecule has 0 aromatic carbocycles. The third-order valence-corrected chi connectivity index (χ3v) is 0.864. The summed E-state index contributed by atoms with van der Waals surface area (Å²) in [5.41, 5.74) is 0.822. The number of nitrogens with zero attached hydrogens (tertiary/aromatic N) is 1. The van der Waals surface area contributed by atoms with Crippen LogP contribution in [0.15, 0.2) is 4.99 Å². The van der Waals surface area contributed by atoms with Crippen LogP contribution in [0.25, 0.3) is 0 Å². The topological polar surface area (TPSA) is 36.2 Å². The van der Waals surface area contributed by atoms with Gasteiger partial charge in [-0.3, -0.25) is 4.99 Å². The van der Waals surface area contributed by atoms with Crippen molar-refractivity contribution in [3.8, 4) is 0 Å². The Morgan fingerprint density at radius 3 is 2.89 bits per heavy atom. The molecule has 0 aromatic heterocycles. The molecule has 0 saturated carbocycles. The summed E-state index contributed by atoms with van der Waals surface area (Å²) in [5.74, 6) is 0. The minimum absolute atomic E-state index is 0.236. The van der Waals surface area contributed by atoms with Gasteiger partial charge in [-0.05, 0) is 6.92 Å². The Labute approximate surface area is 54.3 Å². The van der Waals surface area contributed by atoms with Gasteiger partial charge in [-0.15, -0.1) is 0 Å². The van der Waals surface area contributed by atoms with Gasteiger partial charge in [0.15, 0.2) is 0 Å². The highest BCUT2D eigenvalue weighted by Gasteiger charge is 1.84. The van der Waals surface area contributed by atoms with Gasteiger partial charge in [0.1, 0.15) is 6.67 Å². The van der Waals surface area contributed by atoms with Crippen LogP contribution in [0.1, 0.15) is 13.3 Å². The molecule has 0 bridgehead atoms. The third-order valence-electron chi connectivity index (χ3n) is 0.864. The van der Waals surface area contributed by atoms with Crippen molar-refractivity contribution in [2.75, 3.05) is 13.2 Å². The summed E-state index contributed by atoms with van der Waals surface area (Å²) < 4.78 is 11.4. The lowest BCUT2D eigenvalue weighted by Gasteiger charge is -1.90. The molecule has 0 aromatic rings. The first kappa shape index (κ1) is 8.27. The molecule has 0 spiro atoms. The van der Waals surface area contributed by atoms with E-state index in [1.54, 1.807) is 6.92 Å². The van der Waals surface area contributed by atoms with Crippen molar-refractivity contribution in [3.63, 3.8) is 0 Å². The standard InChI is InChI=1S/C6H11FN2/c1-6(2-4-8)9-5-3-7/h4,8H,2-3,5H2,1H3. The second kappa shape index (κ2) is 5.41. The van der Waals surface area contributed by atoms with E-state index in [4.69, 9.17) is 5.41 Å². The first-order chi connectivity index (χ1) is 4.31. The summed E-state index contributed by atoms with van der Waals surface area (Å²) in [5, 5.41) is 6.67. The molecular formula is C6H11FN2. The molecule has 0 fully saturated rings. The summed E-state index contributed by atoms with van der Waals surface area (Å²) in [6, 6.07) is 0. The molecule has 3 heteroatoms. The monoisotopic (exact) mass is 130 g/mol. The van der Waals surface area contributed by atoms with Crippen molar-refractivity contribution >= 4 is 11.9 Å². The first-order valence-corrected chi connectivity index (χ1v) is 2.86. The molecule has 0 radical (unpaired) electrons. The van der Waals surface area contributed by atoms with E-state index in [1.807, 2.05) is 0 Å². The smallest absolute Gasteiger partial charge is 0.109 e. The van der Waals surface area contributed by atoms with Gasteiger partial charge in [0, 0.05) is 18.3 Å². The Morgan fingerprint density at radius 1 is 1.78 bits per heavy atom. The average molecular weight is 130 g/mol. The van der Waals surface area contributed by atoms with E-state index in [-0.39, 0.29) is 6.54 Å². The molecule has 0 aliphatic rings. The highest BCUT2D eigenvalue weighted by Crippen LogP contribution is 1.82. The Kier molecular flexibility index (Phi) is 4.97. The number of halogens is 1. The van der Waals surface area contributed by atoms with Crippen molar-refractivity contribution in [2.24, 2.45) is 4.99 Å². The predicted molar refractivity (Wildman–Crippen MR) is 37.4 cm³/mol. The average Bonchev–Trinajstić information content (AvgIpc) is 1.85. The van der Waals surface area contributed by atoms with Crippen LogP contribution in [-0.2, 0) is 0 Å². The Bertz CT molecular complexity index is 110. The summed E-state index contributed by atoms with van der Waals surface area (Å²) in [6.07, 6.45) is 1.80. The summed E-state index contributed by atoms with van der Waals surface area (Å²) in [6.45, 7) is 1.62. The summed E-state index contributed by atoms with van der Waals surface area (Å²) in [4.78, 5) is 3.82. The van der Waals surface area contributed by atoms with Crippen molar-refractivity contribution in [3.05, 3.63) is 0 Å². The lowest BCUT2D eigenvalue weighted by Crippen LogP contribution is -1.94. The molecule has 0 amide bonds. The van der Waals surface area contributed by atoms with Gasteiger partial charge in [0.05, 0.1) is 6.54 Å². The normalized spacial score (nSPS) is 11.6. The van der Waals surface area contributed by atoms with Crippen molar-refractivity contribution in [2.45, 2.75) is 13.3 Å². The van der Waals surface area contributed by atoms with Crippen molar-refractivity contribution in [1.82, 2.24) is 0 Å². The highest BCUT2D eigenvalue weighted by molar-refractivity contribution is 5.92. The van der Waals surface area contributed by atoms with Gasteiger partial charge in [-0.25, -0.2) is 4.39 Å². The SMILES string of the molecule is CC(CC=N)=NCCF. The number of hydrogen-bond donors (Lipinski definition) is 1. The lowest BCUT2D eigenvalue weighted by atomic mass is 10.3. The van der Waals surface area contributed by atoms with E-state index in [0.717, 1.165) is 5.71 Å². The number of nitrogens with one attached hydrogen (secondary N) is 1. The molecule has 0 aliphatic heterocycles. The van der Waals surface area contributed by atoms with E-state index >= 15 is 0 Å². The largest absolute Gasteiger partial charge is 0.313 e. The fraction of sp³-hybridized carbons (Fsp3) is 0.667. The Hall–Kier alpha value is -0.730. The molecular weight excluding hydrogens is 119 g/mol. The van der Waals surface area contributed by atoms with Gasteiger partial charge in [-0.1, -0.05) is 0 Å². The zero-order valence-corrected chi connectivity index (χ0v) is 5.52. The number of rotatable bonds is 4. The van der Waals surface area contributed by atoms with Crippen LogP contribution in [0, 0.1) is 5.41 Å². The zero-order valence-electron chi connectivity index (χ0n) is 5.52. The van der Waals surface area contributed by atoms with Crippen molar-refractivity contribution < 1.29 is 4.39 Å². The molecule has 52 valence electrons. The van der Waals surface area contributed by atoms with E-state index in [2.05, 4.69) is 4.99 Å². The highest BCUT2D eigenvalue weighted by atomic mass is 19.1. The first-order valence-electron chi connectivity index (χ1n) is 2.86. The number of hydrogen-bond acceptors (Lipinski definition) is 2. The molecule has 0 heterocycles. The predicted octanol–water partition coefficient (Wildman–Crippen LogP) is 1.46. The van der Waals surface area contributed by atoms with Gasteiger partial charge in [0.25, 0.3) is 0 Å². The van der Waals surface area contributed by atoms with Crippen molar-refractivity contribution in [1.29, 1.82) is 5.41 Å². The van der Waals surface area contributed by atoms with E-state index in [9.17, 15) is 4.39 Å².